The van der Waals surface area contributed by atoms with E-state index in [1.54, 1.807) is 42.7 Å². The van der Waals surface area contributed by atoms with Crippen LogP contribution in [0.5, 0.6) is 0 Å². The van der Waals surface area contributed by atoms with Crippen LogP contribution in [0, 0.1) is 0 Å². The van der Waals surface area contributed by atoms with Crippen LogP contribution in [0.25, 0.3) is 0 Å². The van der Waals surface area contributed by atoms with Crippen molar-refractivity contribution in [3.8, 4) is 0 Å². The molecule has 182 valence electrons. The van der Waals surface area contributed by atoms with E-state index in [9.17, 15) is 0 Å². The van der Waals surface area contributed by atoms with Crippen molar-refractivity contribution in [2.24, 2.45) is 0 Å². The molecule has 0 saturated carbocycles. The summed E-state index contributed by atoms with van der Waals surface area (Å²) < 4.78 is 43.9. The van der Waals surface area contributed by atoms with Gasteiger partial charge in [-0.15, -0.1) is 0 Å². The van der Waals surface area contributed by atoms with Crippen LogP contribution < -0.4 is 0 Å². The van der Waals surface area contributed by atoms with Gasteiger partial charge in [-0.05, 0) is 32.7 Å². The summed E-state index contributed by atoms with van der Waals surface area (Å²) >= 11 is 0. The maximum atomic E-state index is 5.72. The second kappa shape index (κ2) is 18.6. The van der Waals surface area contributed by atoms with E-state index in [1.165, 1.54) is 0 Å². The van der Waals surface area contributed by atoms with Gasteiger partial charge in [0.05, 0.1) is 13.2 Å². The molecule has 0 amide bonds. The summed E-state index contributed by atoms with van der Waals surface area (Å²) in [5, 5.41) is 0. The molecule has 0 radical (unpaired) electrons. The first-order chi connectivity index (χ1) is 14.5. The molecule has 0 aliphatic heterocycles. The summed E-state index contributed by atoms with van der Waals surface area (Å²) in [6, 6.07) is 1.62. The predicted octanol–water partition coefficient (Wildman–Crippen LogP) is 2.27. The fourth-order valence-corrected chi connectivity index (χ4v) is 6.55. The van der Waals surface area contributed by atoms with E-state index >= 15 is 0 Å². The molecule has 0 fully saturated rings. The number of likely N-dealkylation sites (N-methyl/N-ethyl adjacent to an activating group) is 1. The second-order valence-corrected chi connectivity index (χ2v) is 13.2. The van der Waals surface area contributed by atoms with Gasteiger partial charge in [0, 0.05) is 81.1 Å². The standard InChI is InChI=1S/C19H45NO8Si2/c1-20(12-16-27-14-8-10-18-29(21-2,22-3)23-4)13-17-28-15-9-11-19-30(24-5,25-6)26-7/h8-19H2,1-7H3. The lowest BCUT2D eigenvalue weighted by molar-refractivity contribution is 0.0805. The van der Waals surface area contributed by atoms with Crippen LogP contribution in [-0.4, -0.2) is 112 Å². The normalized spacial score (nSPS) is 12.8. The van der Waals surface area contributed by atoms with Gasteiger partial charge < -0.3 is 40.9 Å². The number of nitrogens with zero attached hydrogens (tertiary/aromatic N) is 1. The topological polar surface area (TPSA) is 77.1 Å². The highest BCUT2D eigenvalue weighted by Crippen LogP contribution is 2.17. The third-order valence-electron chi connectivity index (χ3n) is 5.14. The van der Waals surface area contributed by atoms with Crippen molar-refractivity contribution in [1.82, 2.24) is 4.90 Å². The van der Waals surface area contributed by atoms with Crippen LogP contribution in [0.3, 0.4) is 0 Å². The van der Waals surface area contributed by atoms with E-state index in [-0.39, 0.29) is 0 Å². The Morgan fingerprint density at radius 2 is 0.833 bits per heavy atom. The maximum Gasteiger partial charge on any atom is 0.500 e. The zero-order chi connectivity index (χ0) is 22.7. The molecule has 0 aliphatic rings. The van der Waals surface area contributed by atoms with E-state index in [0.29, 0.717) is 0 Å². The minimum Gasteiger partial charge on any atom is -0.380 e. The summed E-state index contributed by atoms with van der Waals surface area (Å²) in [4.78, 5) is 2.22. The highest BCUT2D eigenvalue weighted by Gasteiger charge is 2.37. The van der Waals surface area contributed by atoms with E-state index in [2.05, 4.69) is 11.9 Å². The van der Waals surface area contributed by atoms with Gasteiger partial charge in [-0.25, -0.2) is 0 Å². The average molecular weight is 472 g/mol. The number of ether oxygens (including phenoxy) is 2. The molecule has 0 unspecified atom stereocenters. The van der Waals surface area contributed by atoms with Crippen molar-refractivity contribution in [1.29, 1.82) is 0 Å². The smallest absolute Gasteiger partial charge is 0.380 e. The SMILES string of the molecule is CO[Si](CCCCOCCN(C)CCOCCCC[Si](OC)(OC)OC)(OC)OC. The first-order valence-electron chi connectivity index (χ1n) is 10.6. The molecule has 0 N–H and O–H groups in total. The summed E-state index contributed by atoms with van der Waals surface area (Å²) in [7, 11) is 7.06. The molecule has 0 spiro atoms. The summed E-state index contributed by atoms with van der Waals surface area (Å²) in [5.74, 6) is 0. The van der Waals surface area contributed by atoms with Gasteiger partial charge >= 0.3 is 17.6 Å². The van der Waals surface area contributed by atoms with Crippen molar-refractivity contribution >= 4 is 17.6 Å². The summed E-state index contributed by atoms with van der Waals surface area (Å²) in [5.41, 5.74) is 0. The Morgan fingerprint density at radius 3 is 1.13 bits per heavy atom. The molecule has 30 heavy (non-hydrogen) atoms. The minimum absolute atomic E-state index is 0.718. The van der Waals surface area contributed by atoms with Gasteiger partial charge in [-0.1, -0.05) is 0 Å². The van der Waals surface area contributed by atoms with Crippen LogP contribution >= 0.6 is 0 Å². The molecule has 0 bridgehead atoms. The van der Waals surface area contributed by atoms with Crippen molar-refractivity contribution in [3.63, 3.8) is 0 Å². The molecule has 0 aromatic carbocycles. The summed E-state index contributed by atoms with van der Waals surface area (Å²) in [6.07, 6.45) is 3.87. The van der Waals surface area contributed by atoms with Gasteiger partial charge in [0.15, 0.2) is 0 Å². The Hall–Kier alpha value is 0.0738. The fraction of sp³-hybridized carbons (Fsp3) is 1.00. The monoisotopic (exact) mass is 471 g/mol. The predicted molar refractivity (Wildman–Crippen MR) is 121 cm³/mol. The highest BCUT2D eigenvalue weighted by molar-refractivity contribution is 6.60. The highest BCUT2D eigenvalue weighted by atomic mass is 28.4. The zero-order valence-corrected chi connectivity index (χ0v) is 22.2. The molecular formula is C19H45NO8Si2. The van der Waals surface area contributed by atoms with Crippen molar-refractivity contribution < 1.29 is 36.0 Å². The van der Waals surface area contributed by atoms with Crippen LogP contribution in [-0.2, 0) is 36.0 Å². The van der Waals surface area contributed by atoms with Gasteiger partial charge in [0.2, 0.25) is 0 Å². The molecular weight excluding hydrogens is 426 g/mol. The van der Waals surface area contributed by atoms with Crippen LogP contribution in [0.4, 0.5) is 0 Å². The van der Waals surface area contributed by atoms with Crippen molar-refractivity contribution in [2.75, 3.05) is 89.2 Å². The Kier molecular flexibility index (Phi) is 18.7. The molecule has 0 aromatic rings. The first kappa shape index (κ1) is 30.1. The lowest BCUT2D eigenvalue weighted by Crippen LogP contribution is -2.42. The van der Waals surface area contributed by atoms with E-state index < -0.39 is 17.6 Å². The van der Waals surface area contributed by atoms with Crippen molar-refractivity contribution in [3.05, 3.63) is 0 Å². The first-order valence-corrected chi connectivity index (χ1v) is 14.5. The maximum absolute atomic E-state index is 5.72. The molecule has 0 heterocycles. The third kappa shape index (κ3) is 12.8. The quantitative estimate of drug-likeness (QED) is 0.174. The van der Waals surface area contributed by atoms with Crippen molar-refractivity contribution in [2.45, 2.75) is 37.8 Å². The number of rotatable bonds is 22. The largest absolute Gasteiger partial charge is 0.500 e. The lowest BCUT2D eigenvalue weighted by atomic mass is 10.3. The Balaban J connectivity index is 3.57. The molecule has 9 nitrogen and oxygen atoms in total. The molecule has 11 heteroatoms. The number of hydrogen-bond donors (Lipinski definition) is 0. The number of unbranched alkanes of at least 4 members (excludes halogenated alkanes) is 2. The average Bonchev–Trinajstić information content (AvgIpc) is 2.78. The van der Waals surface area contributed by atoms with Crippen LogP contribution in [0.15, 0.2) is 0 Å². The Morgan fingerprint density at radius 1 is 0.500 bits per heavy atom. The molecule has 0 rings (SSSR count). The Bertz CT molecular complexity index is 337. The van der Waals surface area contributed by atoms with Crippen LogP contribution in [0.2, 0.25) is 12.1 Å². The zero-order valence-electron chi connectivity index (χ0n) is 20.2. The van der Waals surface area contributed by atoms with Gasteiger partial charge in [0.1, 0.15) is 0 Å². The van der Waals surface area contributed by atoms with Gasteiger partial charge in [-0.2, -0.15) is 0 Å². The molecule has 0 aliphatic carbocycles. The van der Waals surface area contributed by atoms with E-state index in [1.807, 2.05) is 0 Å². The Labute approximate surface area is 185 Å². The minimum atomic E-state index is -2.44. The van der Waals surface area contributed by atoms with Crippen LogP contribution in [0.1, 0.15) is 25.7 Å². The second-order valence-electron chi connectivity index (χ2n) is 7.03. The lowest BCUT2D eigenvalue weighted by Gasteiger charge is -2.24. The van der Waals surface area contributed by atoms with Gasteiger partial charge in [0.25, 0.3) is 0 Å². The molecule has 0 aromatic heterocycles. The van der Waals surface area contributed by atoms with E-state index in [4.69, 9.17) is 36.0 Å². The third-order valence-corrected chi connectivity index (χ3v) is 10.8. The van der Waals surface area contributed by atoms with Gasteiger partial charge in [-0.3, -0.25) is 0 Å². The number of hydrogen-bond acceptors (Lipinski definition) is 9. The fourth-order valence-electron chi connectivity index (χ4n) is 2.96. The van der Waals surface area contributed by atoms with E-state index in [0.717, 1.165) is 77.3 Å². The molecule has 0 saturated heterocycles. The summed E-state index contributed by atoms with van der Waals surface area (Å²) in [6.45, 7) is 4.69. The molecule has 0 atom stereocenters.